The van der Waals surface area contributed by atoms with Gasteiger partial charge in [-0.05, 0) is 24.6 Å². The molecule has 20 heavy (non-hydrogen) atoms. The van der Waals surface area contributed by atoms with E-state index in [0.29, 0.717) is 12.3 Å². The van der Waals surface area contributed by atoms with Crippen LogP contribution in [0.25, 0.3) is 0 Å². The lowest BCUT2D eigenvalue weighted by Gasteiger charge is -2.19. The van der Waals surface area contributed by atoms with Gasteiger partial charge in [-0.1, -0.05) is 25.1 Å². The molecule has 4 nitrogen and oxygen atoms in total. The van der Waals surface area contributed by atoms with Crippen molar-refractivity contribution < 1.29 is 9.15 Å². The van der Waals surface area contributed by atoms with E-state index in [4.69, 9.17) is 14.4 Å². The topological polar surface area (TPSA) is 58.2 Å². The van der Waals surface area contributed by atoms with Crippen LogP contribution in [-0.4, -0.2) is 7.11 Å². The normalized spacial score (nSPS) is 11.8. The summed E-state index contributed by atoms with van der Waals surface area (Å²) in [5, 5.41) is 12.2. The zero-order valence-electron chi connectivity index (χ0n) is 11.7. The van der Waals surface area contributed by atoms with Crippen LogP contribution in [0.1, 0.15) is 36.5 Å². The van der Waals surface area contributed by atoms with Crippen LogP contribution in [0, 0.1) is 11.3 Å². The summed E-state index contributed by atoms with van der Waals surface area (Å²) in [5.41, 5.74) is 1.13. The molecule has 1 unspecified atom stereocenters. The molecule has 0 radical (unpaired) electrons. The summed E-state index contributed by atoms with van der Waals surface area (Å²) in [6, 6.07) is 13.6. The first-order chi connectivity index (χ1) is 9.78. The average molecular weight is 270 g/mol. The van der Waals surface area contributed by atoms with Gasteiger partial charge >= 0.3 is 0 Å². The SMILES string of the molecule is CCC(NCc1ccc(C#N)o1)c1ccccc1OC. The van der Waals surface area contributed by atoms with E-state index in [1.54, 1.807) is 13.2 Å². The van der Waals surface area contributed by atoms with Crippen LogP contribution >= 0.6 is 0 Å². The number of nitrogens with one attached hydrogen (secondary N) is 1. The number of rotatable bonds is 6. The minimum atomic E-state index is 0.182. The number of hydrogen-bond acceptors (Lipinski definition) is 4. The zero-order chi connectivity index (χ0) is 14.4. The van der Waals surface area contributed by atoms with E-state index in [9.17, 15) is 0 Å². The molecule has 0 bridgehead atoms. The summed E-state index contributed by atoms with van der Waals surface area (Å²) in [7, 11) is 1.68. The molecule has 0 aliphatic carbocycles. The van der Waals surface area contributed by atoms with Crippen LogP contribution in [0.15, 0.2) is 40.8 Å². The van der Waals surface area contributed by atoms with Gasteiger partial charge in [0.1, 0.15) is 17.6 Å². The summed E-state index contributed by atoms with van der Waals surface area (Å²) < 4.78 is 10.8. The molecule has 104 valence electrons. The second-order valence-corrected chi connectivity index (χ2v) is 4.46. The Hall–Kier alpha value is -2.25. The van der Waals surface area contributed by atoms with Crippen molar-refractivity contribution >= 4 is 0 Å². The predicted molar refractivity (Wildman–Crippen MR) is 76.3 cm³/mol. The highest BCUT2D eigenvalue weighted by atomic mass is 16.5. The highest BCUT2D eigenvalue weighted by Crippen LogP contribution is 2.27. The van der Waals surface area contributed by atoms with Crippen LogP contribution in [0.2, 0.25) is 0 Å². The van der Waals surface area contributed by atoms with Gasteiger partial charge in [-0.2, -0.15) is 5.26 Å². The second-order valence-electron chi connectivity index (χ2n) is 4.46. The van der Waals surface area contributed by atoms with Crippen molar-refractivity contribution in [1.82, 2.24) is 5.32 Å². The number of ether oxygens (including phenoxy) is 1. The fraction of sp³-hybridized carbons (Fsp3) is 0.312. The Kier molecular flexibility index (Phi) is 4.80. The van der Waals surface area contributed by atoms with E-state index in [2.05, 4.69) is 18.3 Å². The molecule has 0 aliphatic rings. The van der Waals surface area contributed by atoms with Gasteiger partial charge in [0.2, 0.25) is 5.76 Å². The van der Waals surface area contributed by atoms with Crippen molar-refractivity contribution in [1.29, 1.82) is 5.26 Å². The molecular formula is C16H18N2O2. The van der Waals surface area contributed by atoms with Crippen molar-refractivity contribution in [2.45, 2.75) is 25.9 Å². The Morgan fingerprint density at radius 3 is 2.75 bits per heavy atom. The first kappa shape index (κ1) is 14.2. The largest absolute Gasteiger partial charge is 0.496 e. The van der Waals surface area contributed by atoms with Gasteiger partial charge in [-0.15, -0.1) is 0 Å². The monoisotopic (exact) mass is 270 g/mol. The van der Waals surface area contributed by atoms with Gasteiger partial charge in [0, 0.05) is 11.6 Å². The molecule has 1 N–H and O–H groups in total. The Morgan fingerprint density at radius 1 is 1.30 bits per heavy atom. The van der Waals surface area contributed by atoms with Crippen LogP contribution in [0.3, 0.4) is 0 Å². The van der Waals surface area contributed by atoms with Crippen molar-refractivity contribution in [3.63, 3.8) is 0 Å². The van der Waals surface area contributed by atoms with E-state index < -0.39 is 0 Å². The molecule has 0 fully saturated rings. The van der Waals surface area contributed by atoms with E-state index in [1.165, 1.54) is 0 Å². The van der Waals surface area contributed by atoms with Crippen LogP contribution in [0.5, 0.6) is 5.75 Å². The summed E-state index contributed by atoms with van der Waals surface area (Å²) in [6.45, 7) is 2.70. The minimum Gasteiger partial charge on any atom is -0.496 e. The lowest BCUT2D eigenvalue weighted by atomic mass is 10.0. The number of nitrogens with zero attached hydrogens (tertiary/aromatic N) is 1. The van der Waals surface area contributed by atoms with Crippen LogP contribution in [0.4, 0.5) is 0 Å². The zero-order valence-corrected chi connectivity index (χ0v) is 11.7. The summed E-state index contributed by atoms with van der Waals surface area (Å²) >= 11 is 0. The number of hydrogen-bond donors (Lipinski definition) is 1. The van der Waals surface area contributed by atoms with Gasteiger partial charge in [-0.25, -0.2) is 0 Å². The summed E-state index contributed by atoms with van der Waals surface area (Å²) in [5.74, 6) is 1.98. The van der Waals surface area contributed by atoms with Crippen molar-refractivity contribution in [2.24, 2.45) is 0 Å². The molecule has 1 aromatic heterocycles. The third-order valence-corrected chi connectivity index (χ3v) is 3.22. The smallest absolute Gasteiger partial charge is 0.203 e. The van der Waals surface area contributed by atoms with Crippen LogP contribution < -0.4 is 10.1 Å². The summed E-state index contributed by atoms with van der Waals surface area (Å²) in [6.07, 6.45) is 0.937. The lowest BCUT2D eigenvalue weighted by Crippen LogP contribution is -2.20. The maximum absolute atomic E-state index is 8.74. The average Bonchev–Trinajstić information content (AvgIpc) is 2.96. The number of furan rings is 1. The molecule has 0 amide bonds. The quantitative estimate of drug-likeness (QED) is 0.874. The molecule has 0 saturated carbocycles. The maximum atomic E-state index is 8.74. The molecular weight excluding hydrogens is 252 g/mol. The first-order valence-electron chi connectivity index (χ1n) is 6.63. The molecule has 0 aliphatic heterocycles. The van der Waals surface area contributed by atoms with Gasteiger partial charge < -0.3 is 14.5 Å². The van der Waals surface area contributed by atoms with Crippen LogP contribution in [-0.2, 0) is 6.54 Å². The fourth-order valence-corrected chi connectivity index (χ4v) is 2.19. The number of methoxy groups -OCH3 is 1. The maximum Gasteiger partial charge on any atom is 0.203 e. The summed E-state index contributed by atoms with van der Waals surface area (Å²) in [4.78, 5) is 0. The van der Waals surface area contributed by atoms with E-state index in [1.807, 2.05) is 30.3 Å². The third kappa shape index (κ3) is 3.19. The van der Waals surface area contributed by atoms with Gasteiger partial charge in [0.05, 0.1) is 13.7 Å². The van der Waals surface area contributed by atoms with Gasteiger partial charge in [0.25, 0.3) is 0 Å². The Balaban J connectivity index is 2.07. The number of nitriles is 1. The number of benzene rings is 1. The van der Waals surface area contributed by atoms with Crippen molar-refractivity contribution in [3.05, 3.63) is 53.5 Å². The Morgan fingerprint density at radius 2 is 2.10 bits per heavy atom. The van der Waals surface area contributed by atoms with E-state index in [-0.39, 0.29) is 6.04 Å². The fourth-order valence-electron chi connectivity index (χ4n) is 2.19. The highest BCUT2D eigenvalue weighted by Gasteiger charge is 2.14. The second kappa shape index (κ2) is 6.78. The third-order valence-electron chi connectivity index (χ3n) is 3.22. The molecule has 1 atom stereocenters. The van der Waals surface area contributed by atoms with E-state index in [0.717, 1.165) is 23.5 Å². The molecule has 2 rings (SSSR count). The lowest BCUT2D eigenvalue weighted by molar-refractivity contribution is 0.390. The molecule has 2 aromatic rings. The molecule has 0 spiro atoms. The predicted octanol–water partition coefficient (Wildman–Crippen LogP) is 3.40. The van der Waals surface area contributed by atoms with Crippen molar-refractivity contribution in [3.8, 4) is 11.8 Å². The first-order valence-corrected chi connectivity index (χ1v) is 6.63. The minimum absolute atomic E-state index is 0.182. The Bertz CT molecular complexity index is 599. The van der Waals surface area contributed by atoms with Gasteiger partial charge in [-0.3, -0.25) is 0 Å². The van der Waals surface area contributed by atoms with Crippen molar-refractivity contribution in [2.75, 3.05) is 7.11 Å². The molecule has 1 heterocycles. The molecule has 0 saturated heterocycles. The highest BCUT2D eigenvalue weighted by molar-refractivity contribution is 5.35. The molecule has 1 aromatic carbocycles. The van der Waals surface area contributed by atoms with E-state index >= 15 is 0 Å². The van der Waals surface area contributed by atoms with Gasteiger partial charge in [0.15, 0.2) is 0 Å². The number of para-hydroxylation sites is 1. The molecule has 4 heteroatoms. The standard InChI is InChI=1S/C16H18N2O2/c1-3-15(14-6-4-5-7-16(14)19-2)18-11-13-9-8-12(10-17)20-13/h4-9,15,18H,3,11H2,1-2H3. The Labute approximate surface area is 119 Å².